The standard InChI is InChI=1S/C22H22N4O3/c1-13-5-7-19-15(9-13)11-18(22-24-14(2)29-26-22)21(25-19)23-12-16-10-17(27-3)6-8-20(16)28-4/h5-11H,12H2,1-4H3,(H,23,25). The monoisotopic (exact) mass is 390 g/mol. The molecule has 0 fully saturated rings. The van der Waals surface area contributed by atoms with E-state index in [0.29, 0.717) is 24.1 Å². The molecule has 2 aromatic heterocycles. The van der Waals surface area contributed by atoms with Gasteiger partial charge in [-0.2, -0.15) is 4.98 Å². The molecule has 0 saturated carbocycles. The van der Waals surface area contributed by atoms with Crippen LogP contribution in [-0.4, -0.2) is 29.3 Å². The van der Waals surface area contributed by atoms with Crippen molar-refractivity contribution in [2.24, 2.45) is 0 Å². The van der Waals surface area contributed by atoms with Gasteiger partial charge in [0.05, 0.1) is 25.3 Å². The minimum atomic E-state index is 0.495. The highest BCUT2D eigenvalue weighted by atomic mass is 16.5. The number of methoxy groups -OCH3 is 2. The first-order chi connectivity index (χ1) is 14.1. The Balaban J connectivity index is 1.75. The second-order valence-electron chi connectivity index (χ2n) is 6.75. The van der Waals surface area contributed by atoms with Crippen molar-refractivity contribution in [1.29, 1.82) is 0 Å². The second kappa shape index (κ2) is 7.79. The van der Waals surface area contributed by atoms with Gasteiger partial charge in [0.25, 0.3) is 0 Å². The zero-order chi connectivity index (χ0) is 20.4. The van der Waals surface area contributed by atoms with Gasteiger partial charge in [0.15, 0.2) is 0 Å². The summed E-state index contributed by atoms with van der Waals surface area (Å²) in [6.07, 6.45) is 0. The zero-order valence-electron chi connectivity index (χ0n) is 16.8. The molecular formula is C22H22N4O3. The van der Waals surface area contributed by atoms with E-state index < -0.39 is 0 Å². The van der Waals surface area contributed by atoms with Crippen molar-refractivity contribution in [3.63, 3.8) is 0 Å². The number of aromatic nitrogens is 3. The lowest BCUT2D eigenvalue weighted by atomic mass is 10.1. The Hall–Kier alpha value is -3.61. The molecule has 0 amide bonds. The molecule has 2 aromatic carbocycles. The minimum absolute atomic E-state index is 0.495. The van der Waals surface area contributed by atoms with Gasteiger partial charge in [-0.3, -0.25) is 0 Å². The molecule has 2 heterocycles. The Labute approximate surface area is 168 Å². The number of ether oxygens (including phenoxy) is 2. The van der Waals surface area contributed by atoms with Gasteiger partial charge >= 0.3 is 0 Å². The highest BCUT2D eigenvalue weighted by molar-refractivity contribution is 5.88. The van der Waals surface area contributed by atoms with Crippen LogP contribution in [0.15, 0.2) is 47.0 Å². The van der Waals surface area contributed by atoms with Crippen LogP contribution in [-0.2, 0) is 6.54 Å². The fourth-order valence-corrected chi connectivity index (χ4v) is 3.21. The summed E-state index contributed by atoms with van der Waals surface area (Å²) in [7, 11) is 3.29. The molecule has 0 radical (unpaired) electrons. The quantitative estimate of drug-likeness (QED) is 0.518. The SMILES string of the molecule is COc1ccc(OC)c(CNc2nc3ccc(C)cc3cc2-c2noc(C)n2)c1. The van der Waals surface area contributed by atoms with Crippen molar-refractivity contribution in [2.45, 2.75) is 20.4 Å². The van der Waals surface area contributed by atoms with E-state index in [1.54, 1.807) is 21.1 Å². The van der Waals surface area contributed by atoms with E-state index in [9.17, 15) is 0 Å². The molecule has 1 N–H and O–H groups in total. The van der Waals surface area contributed by atoms with Gasteiger partial charge in [-0.25, -0.2) is 4.98 Å². The first-order valence-corrected chi connectivity index (χ1v) is 9.24. The van der Waals surface area contributed by atoms with Gasteiger partial charge in [-0.15, -0.1) is 0 Å². The minimum Gasteiger partial charge on any atom is -0.497 e. The first kappa shape index (κ1) is 18.7. The fraction of sp³-hybridized carbons (Fsp3) is 0.227. The van der Waals surface area contributed by atoms with Crippen LogP contribution in [0.25, 0.3) is 22.3 Å². The summed E-state index contributed by atoms with van der Waals surface area (Å²) in [5, 5.41) is 8.50. The summed E-state index contributed by atoms with van der Waals surface area (Å²) < 4.78 is 16.0. The van der Waals surface area contributed by atoms with Crippen LogP contribution < -0.4 is 14.8 Å². The van der Waals surface area contributed by atoms with Crippen LogP contribution in [0.2, 0.25) is 0 Å². The molecule has 148 valence electrons. The topological polar surface area (TPSA) is 82.3 Å². The number of pyridine rings is 1. The summed E-state index contributed by atoms with van der Waals surface area (Å²) in [5.41, 5.74) is 3.78. The summed E-state index contributed by atoms with van der Waals surface area (Å²) >= 11 is 0. The highest BCUT2D eigenvalue weighted by Crippen LogP contribution is 2.30. The summed E-state index contributed by atoms with van der Waals surface area (Å²) in [6, 6.07) is 13.9. The molecule has 29 heavy (non-hydrogen) atoms. The zero-order valence-corrected chi connectivity index (χ0v) is 16.8. The number of nitrogens with zero attached hydrogens (tertiary/aromatic N) is 3. The molecule has 0 spiro atoms. The van der Waals surface area contributed by atoms with E-state index in [0.717, 1.165) is 39.1 Å². The van der Waals surface area contributed by atoms with Crippen molar-refractivity contribution in [1.82, 2.24) is 15.1 Å². The third kappa shape index (κ3) is 3.85. The average molecular weight is 390 g/mol. The van der Waals surface area contributed by atoms with Gasteiger partial charge < -0.3 is 19.3 Å². The smallest absolute Gasteiger partial charge is 0.223 e. The predicted octanol–water partition coefficient (Wildman–Crippen LogP) is 4.53. The molecule has 4 rings (SSSR count). The van der Waals surface area contributed by atoms with Crippen molar-refractivity contribution < 1.29 is 14.0 Å². The van der Waals surface area contributed by atoms with Crippen LogP contribution in [0.1, 0.15) is 17.0 Å². The summed E-state index contributed by atoms with van der Waals surface area (Å²) in [4.78, 5) is 9.19. The number of hydrogen-bond donors (Lipinski definition) is 1. The van der Waals surface area contributed by atoms with Gasteiger partial charge in [0.2, 0.25) is 11.7 Å². The maximum absolute atomic E-state index is 5.48. The van der Waals surface area contributed by atoms with Crippen LogP contribution in [0.3, 0.4) is 0 Å². The maximum atomic E-state index is 5.48. The first-order valence-electron chi connectivity index (χ1n) is 9.24. The van der Waals surface area contributed by atoms with Crippen molar-refractivity contribution in [3.8, 4) is 22.9 Å². The number of benzene rings is 2. The van der Waals surface area contributed by atoms with Gasteiger partial charge in [-0.1, -0.05) is 16.8 Å². The van der Waals surface area contributed by atoms with E-state index in [1.807, 2.05) is 36.4 Å². The average Bonchev–Trinajstić information content (AvgIpc) is 3.17. The van der Waals surface area contributed by atoms with Gasteiger partial charge in [0.1, 0.15) is 17.3 Å². The normalized spacial score (nSPS) is 10.9. The molecule has 0 aliphatic heterocycles. The van der Waals surface area contributed by atoms with E-state index in [1.165, 1.54) is 0 Å². The second-order valence-corrected chi connectivity index (χ2v) is 6.75. The van der Waals surface area contributed by atoms with Crippen molar-refractivity contribution in [3.05, 3.63) is 59.5 Å². The molecule has 7 nitrogen and oxygen atoms in total. The molecule has 0 aliphatic carbocycles. The van der Waals surface area contributed by atoms with E-state index >= 15 is 0 Å². The molecule has 0 saturated heterocycles. The number of fused-ring (bicyclic) bond motifs is 1. The molecule has 7 heteroatoms. The predicted molar refractivity (Wildman–Crippen MR) is 111 cm³/mol. The van der Waals surface area contributed by atoms with Crippen molar-refractivity contribution in [2.75, 3.05) is 19.5 Å². The van der Waals surface area contributed by atoms with Gasteiger partial charge in [-0.05, 0) is 43.3 Å². The van der Waals surface area contributed by atoms with Crippen molar-refractivity contribution >= 4 is 16.7 Å². The largest absolute Gasteiger partial charge is 0.497 e. The summed E-state index contributed by atoms with van der Waals surface area (Å²) in [6.45, 7) is 4.32. The maximum Gasteiger partial charge on any atom is 0.223 e. The highest BCUT2D eigenvalue weighted by Gasteiger charge is 2.15. The lowest BCUT2D eigenvalue weighted by Gasteiger charge is -2.14. The number of anilines is 1. The Morgan fingerprint density at radius 2 is 1.83 bits per heavy atom. The van der Waals surface area contributed by atoms with Gasteiger partial charge in [0, 0.05) is 24.4 Å². The fourth-order valence-electron chi connectivity index (χ4n) is 3.21. The lowest BCUT2D eigenvalue weighted by Crippen LogP contribution is -2.06. The Morgan fingerprint density at radius 3 is 2.55 bits per heavy atom. The Morgan fingerprint density at radius 1 is 0.966 bits per heavy atom. The van der Waals surface area contributed by atoms with Crippen LogP contribution >= 0.6 is 0 Å². The van der Waals surface area contributed by atoms with E-state index in [4.69, 9.17) is 19.0 Å². The number of rotatable bonds is 6. The molecule has 0 aliphatic rings. The Kier molecular flexibility index (Phi) is 5.03. The van der Waals surface area contributed by atoms with Crippen LogP contribution in [0.5, 0.6) is 11.5 Å². The molecule has 0 atom stereocenters. The van der Waals surface area contributed by atoms with Crippen LogP contribution in [0.4, 0.5) is 5.82 Å². The number of aryl methyl sites for hydroxylation is 2. The molecule has 0 unspecified atom stereocenters. The molecular weight excluding hydrogens is 368 g/mol. The summed E-state index contributed by atoms with van der Waals surface area (Å²) in [5.74, 6) is 3.21. The third-order valence-electron chi connectivity index (χ3n) is 4.67. The Bertz CT molecular complexity index is 1170. The third-order valence-corrected chi connectivity index (χ3v) is 4.67. The molecule has 0 bridgehead atoms. The van der Waals surface area contributed by atoms with Crippen LogP contribution in [0, 0.1) is 13.8 Å². The van der Waals surface area contributed by atoms with E-state index in [2.05, 4.69) is 28.4 Å². The number of hydrogen-bond acceptors (Lipinski definition) is 7. The number of nitrogens with one attached hydrogen (secondary N) is 1. The van der Waals surface area contributed by atoms with E-state index in [-0.39, 0.29) is 0 Å². The lowest BCUT2D eigenvalue weighted by molar-refractivity contribution is 0.394. The molecule has 4 aromatic rings.